The highest BCUT2D eigenvalue weighted by Crippen LogP contribution is 2.40. The largest absolute Gasteiger partial charge is 0.463 e. The Balaban J connectivity index is 1.48. The monoisotopic (exact) mass is 451 g/mol. The predicted molar refractivity (Wildman–Crippen MR) is 127 cm³/mol. The van der Waals surface area contributed by atoms with E-state index in [9.17, 15) is 9.90 Å². The van der Waals surface area contributed by atoms with Crippen molar-refractivity contribution in [2.24, 2.45) is 11.8 Å². The van der Waals surface area contributed by atoms with Gasteiger partial charge in [0.1, 0.15) is 6.33 Å². The maximum absolute atomic E-state index is 13.5. The fourth-order valence-electron chi connectivity index (χ4n) is 5.49. The minimum absolute atomic E-state index is 0.00165. The second-order valence-corrected chi connectivity index (χ2v) is 9.67. The van der Waals surface area contributed by atoms with Crippen molar-refractivity contribution < 1.29 is 14.6 Å². The van der Waals surface area contributed by atoms with E-state index in [4.69, 9.17) is 4.74 Å². The standard InChI is InChI=1S/C27H37N3O3/c31-26(27(32,23-7-3-1-4-8-23)24-9-5-2-6-10-24)33-19-22(25-15-18-29-20-30-25)12-11-21-13-16-28-17-14-21/h1,3-4,7-8,15,18,20-22,24,28,32H,2,5-6,9-14,16-17,19H2. The first-order chi connectivity index (χ1) is 16.2. The molecule has 2 fully saturated rings. The van der Waals surface area contributed by atoms with E-state index < -0.39 is 11.6 Å². The van der Waals surface area contributed by atoms with Gasteiger partial charge < -0.3 is 15.2 Å². The van der Waals surface area contributed by atoms with E-state index in [0.717, 1.165) is 63.7 Å². The molecule has 178 valence electrons. The van der Waals surface area contributed by atoms with Crippen LogP contribution in [-0.2, 0) is 15.1 Å². The second-order valence-electron chi connectivity index (χ2n) is 9.67. The SMILES string of the molecule is O=C(OCC(CCC1CCNCC1)c1ccncn1)C(O)(c1ccccc1)C1CCCCC1. The Hall–Kier alpha value is -2.31. The van der Waals surface area contributed by atoms with Crippen LogP contribution in [0.2, 0.25) is 0 Å². The number of piperidine rings is 1. The third-order valence-electron chi connectivity index (χ3n) is 7.54. The van der Waals surface area contributed by atoms with Crippen LogP contribution in [0.1, 0.15) is 75.0 Å². The summed E-state index contributed by atoms with van der Waals surface area (Å²) >= 11 is 0. The zero-order valence-corrected chi connectivity index (χ0v) is 19.5. The quantitative estimate of drug-likeness (QED) is 0.552. The molecule has 4 rings (SSSR count). The molecule has 1 aromatic carbocycles. The number of aromatic nitrogens is 2. The molecule has 1 aromatic heterocycles. The molecule has 0 spiro atoms. The van der Waals surface area contributed by atoms with Gasteiger partial charge in [-0.05, 0) is 69.2 Å². The van der Waals surface area contributed by atoms with Gasteiger partial charge in [0.15, 0.2) is 5.60 Å². The molecule has 2 aliphatic rings. The Morgan fingerprint density at radius 1 is 1.09 bits per heavy atom. The third kappa shape index (κ3) is 5.98. The molecule has 1 aliphatic heterocycles. The van der Waals surface area contributed by atoms with E-state index in [0.29, 0.717) is 11.5 Å². The first-order valence-electron chi connectivity index (χ1n) is 12.6. The van der Waals surface area contributed by atoms with Crippen molar-refractivity contribution >= 4 is 5.97 Å². The van der Waals surface area contributed by atoms with E-state index in [1.165, 1.54) is 12.8 Å². The summed E-state index contributed by atoms with van der Waals surface area (Å²) in [6.07, 6.45) is 12.6. The molecule has 0 radical (unpaired) electrons. The van der Waals surface area contributed by atoms with Gasteiger partial charge in [-0.15, -0.1) is 0 Å². The van der Waals surface area contributed by atoms with E-state index in [2.05, 4.69) is 15.3 Å². The molecule has 2 heterocycles. The Labute approximate surface area is 197 Å². The highest BCUT2D eigenvalue weighted by molar-refractivity contribution is 5.81. The van der Waals surface area contributed by atoms with Crippen LogP contribution in [-0.4, -0.2) is 40.7 Å². The number of esters is 1. The smallest absolute Gasteiger partial charge is 0.343 e. The Kier molecular flexibility index (Phi) is 8.46. The zero-order valence-electron chi connectivity index (χ0n) is 19.5. The summed E-state index contributed by atoms with van der Waals surface area (Å²) in [6, 6.07) is 11.2. The number of hydrogen-bond acceptors (Lipinski definition) is 6. The first kappa shape index (κ1) is 23.8. The van der Waals surface area contributed by atoms with Crippen LogP contribution in [0.4, 0.5) is 0 Å². The maximum Gasteiger partial charge on any atom is 0.343 e. The van der Waals surface area contributed by atoms with E-state index in [-0.39, 0.29) is 18.4 Å². The number of carbonyl (C=O) groups excluding carboxylic acids is 1. The van der Waals surface area contributed by atoms with Gasteiger partial charge in [-0.2, -0.15) is 0 Å². The van der Waals surface area contributed by atoms with Gasteiger partial charge in [-0.3, -0.25) is 0 Å². The van der Waals surface area contributed by atoms with Crippen molar-refractivity contribution in [1.82, 2.24) is 15.3 Å². The molecular weight excluding hydrogens is 414 g/mol. The van der Waals surface area contributed by atoms with Crippen molar-refractivity contribution in [2.45, 2.75) is 69.3 Å². The molecule has 2 atom stereocenters. The summed E-state index contributed by atoms with van der Waals surface area (Å²) in [5.41, 5.74) is -0.0738. The number of hydrogen-bond donors (Lipinski definition) is 2. The third-order valence-corrected chi connectivity index (χ3v) is 7.54. The fraction of sp³-hybridized carbons (Fsp3) is 0.593. The lowest BCUT2D eigenvalue weighted by Crippen LogP contribution is -2.45. The van der Waals surface area contributed by atoms with Gasteiger partial charge in [0.25, 0.3) is 0 Å². The average molecular weight is 452 g/mol. The van der Waals surface area contributed by atoms with Crippen molar-refractivity contribution in [3.63, 3.8) is 0 Å². The molecule has 0 amide bonds. The summed E-state index contributed by atoms with van der Waals surface area (Å²) in [7, 11) is 0. The maximum atomic E-state index is 13.5. The molecule has 33 heavy (non-hydrogen) atoms. The van der Waals surface area contributed by atoms with Gasteiger partial charge in [-0.1, -0.05) is 49.6 Å². The topological polar surface area (TPSA) is 84.3 Å². The number of rotatable bonds is 9. The fourth-order valence-corrected chi connectivity index (χ4v) is 5.49. The van der Waals surface area contributed by atoms with Gasteiger partial charge in [-0.25, -0.2) is 14.8 Å². The number of benzene rings is 1. The summed E-state index contributed by atoms with van der Waals surface area (Å²) < 4.78 is 5.91. The molecule has 1 saturated heterocycles. The minimum atomic E-state index is -1.60. The molecule has 1 aliphatic carbocycles. The average Bonchev–Trinajstić information content (AvgIpc) is 2.90. The van der Waals surface area contributed by atoms with Gasteiger partial charge >= 0.3 is 5.97 Å². The normalized spacial score (nSPS) is 20.6. The Morgan fingerprint density at radius 3 is 2.55 bits per heavy atom. The van der Waals surface area contributed by atoms with Crippen molar-refractivity contribution in [3.05, 3.63) is 60.2 Å². The second kappa shape index (κ2) is 11.7. The molecule has 6 heteroatoms. The number of ether oxygens (including phenoxy) is 1. The highest BCUT2D eigenvalue weighted by atomic mass is 16.5. The lowest BCUT2D eigenvalue weighted by molar-refractivity contribution is -0.176. The van der Waals surface area contributed by atoms with Gasteiger partial charge in [0.2, 0.25) is 0 Å². The van der Waals surface area contributed by atoms with Crippen molar-refractivity contribution in [1.29, 1.82) is 0 Å². The first-order valence-corrected chi connectivity index (χ1v) is 12.6. The summed E-state index contributed by atoms with van der Waals surface area (Å²) in [5, 5.41) is 15.2. The lowest BCUT2D eigenvalue weighted by Gasteiger charge is -2.37. The molecule has 6 nitrogen and oxygen atoms in total. The van der Waals surface area contributed by atoms with E-state index in [1.54, 1.807) is 12.5 Å². The zero-order chi connectivity index (χ0) is 22.9. The number of nitrogens with zero attached hydrogens (tertiary/aromatic N) is 2. The van der Waals surface area contributed by atoms with E-state index >= 15 is 0 Å². The van der Waals surface area contributed by atoms with Crippen molar-refractivity contribution in [2.75, 3.05) is 19.7 Å². The van der Waals surface area contributed by atoms with Crippen LogP contribution in [0.5, 0.6) is 0 Å². The Morgan fingerprint density at radius 2 is 1.85 bits per heavy atom. The number of aliphatic hydroxyl groups is 1. The summed E-state index contributed by atoms with van der Waals surface area (Å²) in [6.45, 7) is 2.37. The molecule has 2 unspecified atom stereocenters. The number of carbonyl (C=O) groups is 1. The van der Waals surface area contributed by atoms with Crippen LogP contribution in [0, 0.1) is 11.8 Å². The minimum Gasteiger partial charge on any atom is -0.463 e. The molecule has 1 saturated carbocycles. The molecule has 2 aromatic rings. The summed E-state index contributed by atoms with van der Waals surface area (Å²) in [5.74, 6) is 0.0444. The molecular formula is C27H37N3O3. The Bertz CT molecular complexity index is 851. The van der Waals surface area contributed by atoms with Crippen LogP contribution >= 0.6 is 0 Å². The predicted octanol–water partition coefficient (Wildman–Crippen LogP) is 4.35. The van der Waals surface area contributed by atoms with Crippen molar-refractivity contribution in [3.8, 4) is 0 Å². The summed E-state index contributed by atoms with van der Waals surface area (Å²) in [4.78, 5) is 22.0. The van der Waals surface area contributed by atoms with Crippen LogP contribution in [0.15, 0.2) is 48.9 Å². The molecule has 2 N–H and O–H groups in total. The van der Waals surface area contributed by atoms with Crippen LogP contribution < -0.4 is 5.32 Å². The van der Waals surface area contributed by atoms with Gasteiger partial charge in [0, 0.05) is 18.0 Å². The number of nitrogens with one attached hydrogen (secondary N) is 1. The highest BCUT2D eigenvalue weighted by Gasteiger charge is 2.47. The van der Waals surface area contributed by atoms with Crippen LogP contribution in [0.3, 0.4) is 0 Å². The van der Waals surface area contributed by atoms with E-state index in [1.807, 2.05) is 36.4 Å². The van der Waals surface area contributed by atoms with Crippen LogP contribution in [0.25, 0.3) is 0 Å². The lowest BCUT2D eigenvalue weighted by atomic mass is 9.73. The van der Waals surface area contributed by atoms with Gasteiger partial charge in [0.05, 0.1) is 12.3 Å². The molecule has 0 bridgehead atoms.